The van der Waals surface area contributed by atoms with E-state index in [4.69, 9.17) is 5.11 Å². The summed E-state index contributed by atoms with van der Waals surface area (Å²) in [5.41, 5.74) is 0. The first-order valence-corrected chi connectivity index (χ1v) is 4.96. The smallest absolute Gasteiger partial charge is 0.0459 e. The van der Waals surface area contributed by atoms with Crippen molar-refractivity contribution in [1.82, 2.24) is 0 Å². The van der Waals surface area contributed by atoms with Crippen molar-refractivity contribution >= 4 is 0 Å². The summed E-state index contributed by atoms with van der Waals surface area (Å²) in [5.74, 6) is 0.642. The molecule has 1 fully saturated rings. The fourth-order valence-electron chi connectivity index (χ4n) is 1.37. The highest BCUT2D eigenvalue weighted by Gasteiger charge is 2.10. The standard InChI is InChI=1S/C7H14O.C3H8/c8-6-7-4-2-1-3-5-7;1-3-2/h7-8H,1-6H2;3H2,1-2H3. The van der Waals surface area contributed by atoms with Crippen LogP contribution in [0.25, 0.3) is 0 Å². The molecule has 0 aromatic heterocycles. The van der Waals surface area contributed by atoms with E-state index in [0.717, 1.165) is 0 Å². The molecule has 0 aromatic carbocycles. The molecule has 0 aliphatic heterocycles. The Kier molecular flexibility index (Phi) is 8.03. The molecule has 0 heterocycles. The Hall–Kier alpha value is -0.0400. The first-order chi connectivity index (χ1) is 5.35. The van der Waals surface area contributed by atoms with Crippen LogP contribution in [0.5, 0.6) is 0 Å². The molecule has 1 aliphatic carbocycles. The normalized spacial score (nSPS) is 18.8. The molecule has 0 bridgehead atoms. The van der Waals surface area contributed by atoms with Crippen LogP contribution >= 0.6 is 0 Å². The van der Waals surface area contributed by atoms with Crippen molar-refractivity contribution in [2.75, 3.05) is 6.61 Å². The monoisotopic (exact) mass is 158 g/mol. The summed E-state index contributed by atoms with van der Waals surface area (Å²) >= 11 is 0. The van der Waals surface area contributed by atoms with E-state index in [1.807, 2.05) is 0 Å². The van der Waals surface area contributed by atoms with Crippen LogP contribution in [-0.2, 0) is 0 Å². The molecule has 1 N–H and O–H groups in total. The molecule has 0 atom stereocenters. The Bertz CT molecular complexity index is 65.3. The van der Waals surface area contributed by atoms with Crippen molar-refractivity contribution in [2.45, 2.75) is 52.4 Å². The lowest BCUT2D eigenvalue weighted by Crippen LogP contribution is -2.09. The minimum absolute atomic E-state index is 0.417. The zero-order valence-corrected chi connectivity index (χ0v) is 7.97. The number of hydrogen-bond acceptors (Lipinski definition) is 1. The molecule has 1 nitrogen and oxygen atoms in total. The maximum atomic E-state index is 8.69. The Morgan fingerprint density at radius 1 is 1.09 bits per heavy atom. The minimum Gasteiger partial charge on any atom is -0.396 e. The van der Waals surface area contributed by atoms with Gasteiger partial charge in [0.15, 0.2) is 0 Å². The van der Waals surface area contributed by atoms with E-state index in [0.29, 0.717) is 12.5 Å². The fourth-order valence-corrected chi connectivity index (χ4v) is 1.37. The molecule has 1 heteroatoms. The van der Waals surface area contributed by atoms with E-state index < -0.39 is 0 Å². The summed E-state index contributed by atoms with van der Waals surface area (Å²) in [4.78, 5) is 0. The van der Waals surface area contributed by atoms with Gasteiger partial charge in [0.1, 0.15) is 0 Å². The lowest BCUT2D eigenvalue weighted by Gasteiger charge is -2.18. The lowest BCUT2D eigenvalue weighted by molar-refractivity contribution is 0.190. The summed E-state index contributed by atoms with van der Waals surface area (Å²) in [6.45, 7) is 4.67. The zero-order chi connectivity index (χ0) is 8.53. The van der Waals surface area contributed by atoms with Crippen molar-refractivity contribution < 1.29 is 5.11 Å². The maximum Gasteiger partial charge on any atom is 0.0459 e. The van der Waals surface area contributed by atoms with Crippen LogP contribution in [0.2, 0.25) is 0 Å². The van der Waals surface area contributed by atoms with Gasteiger partial charge in [-0.15, -0.1) is 0 Å². The van der Waals surface area contributed by atoms with Gasteiger partial charge in [0, 0.05) is 6.61 Å². The van der Waals surface area contributed by atoms with Gasteiger partial charge in [-0.05, 0) is 18.8 Å². The number of aliphatic hydroxyl groups excluding tert-OH is 1. The molecule has 0 spiro atoms. The summed E-state index contributed by atoms with van der Waals surface area (Å²) < 4.78 is 0. The second-order valence-electron chi connectivity index (χ2n) is 3.39. The first kappa shape index (κ1) is 11.0. The van der Waals surface area contributed by atoms with Gasteiger partial charge < -0.3 is 5.11 Å². The Morgan fingerprint density at radius 2 is 1.55 bits per heavy atom. The van der Waals surface area contributed by atoms with Crippen molar-refractivity contribution in [2.24, 2.45) is 5.92 Å². The number of rotatable bonds is 1. The Labute approximate surface area is 70.8 Å². The van der Waals surface area contributed by atoms with Gasteiger partial charge >= 0.3 is 0 Å². The molecule has 1 rings (SSSR count). The zero-order valence-electron chi connectivity index (χ0n) is 7.97. The number of aliphatic hydroxyl groups is 1. The van der Waals surface area contributed by atoms with Gasteiger partial charge in [0.25, 0.3) is 0 Å². The molecular weight excluding hydrogens is 136 g/mol. The van der Waals surface area contributed by atoms with E-state index in [2.05, 4.69) is 13.8 Å². The highest BCUT2D eigenvalue weighted by molar-refractivity contribution is 4.63. The van der Waals surface area contributed by atoms with Crippen LogP contribution in [0.4, 0.5) is 0 Å². The maximum absolute atomic E-state index is 8.69. The quantitative estimate of drug-likeness (QED) is 0.622. The summed E-state index contributed by atoms with van der Waals surface area (Å²) in [5, 5.41) is 8.69. The van der Waals surface area contributed by atoms with Crippen LogP contribution in [0.1, 0.15) is 52.4 Å². The van der Waals surface area contributed by atoms with Crippen molar-refractivity contribution in [3.63, 3.8) is 0 Å². The van der Waals surface area contributed by atoms with Crippen LogP contribution < -0.4 is 0 Å². The van der Waals surface area contributed by atoms with Crippen LogP contribution in [0, 0.1) is 5.92 Å². The van der Waals surface area contributed by atoms with Crippen LogP contribution in [0.3, 0.4) is 0 Å². The van der Waals surface area contributed by atoms with Gasteiger partial charge in [-0.2, -0.15) is 0 Å². The van der Waals surface area contributed by atoms with E-state index in [9.17, 15) is 0 Å². The SMILES string of the molecule is CCC.OCC1CCCCC1. The predicted molar refractivity (Wildman–Crippen MR) is 49.6 cm³/mol. The van der Waals surface area contributed by atoms with E-state index >= 15 is 0 Å². The van der Waals surface area contributed by atoms with Gasteiger partial charge in [-0.1, -0.05) is 39.5 Å². The molecule has 0 saturated heterocycles. The average molecular weight is 158 g/mol. The predicted octanol–water partition coefficient (Wildman–Crippen LogP) is 2.98. The highest BCUT2D eigenvalue weighted by Crippen LogP contribution is 2.22. The van der Waals surface area contributed by atoms with Gasteiger partial charge in [0.2, 0.25) is 0 Å². The Morgan fingerprint density at radius 3 is 1.82 bits per heavy atom. The fraction of sp³-hybridized carbons (Fsp3) is 1.00. The molecule has 1 aliphatic rings. The minimum atomic E-state index is 0.417. The summed E-state index contributed by atoms with van der Waals surface area (Å²) in [7, 11) is 0. The molecule has 0 amide bonds. The van der Waals surface area contributed by atoms with Gasteiger partial charge in [0.05, 0.1) is 0 Å². The Balaban J connectivity index is 0.000000292. The van der Waals surface area contributed by atoms with Crippen molar-refractivity contribution in [3.8, 4) is 0 Å². The summed E-state index contributed by atoms with van der Waals surface area (Å²) in [6.07, 6.45) is 7.83. The molecule has 0 radical (unpaired) electrons. The van der Waals surface area contributed by atoms with Crippen molar-refractivity contribution in [3.05, 3.63) is 0 Å². The number of hydrogen-bond donors (Lipinski definition) is 1. The van der Waals surface area contributed by atoms with Crippen molar-refractivity contribution in [1.29, 1.82) is 0 Å². The molecule has 0 unspecified atom stereocenters. The van der Waals surface area contributed by atoms with E-state index in [1.165, 1.54) is 38.5 Å². The lowest BCUT2D eigenvalue weighted by atomic mass is 9.90. The van der Waals surface area contributed by atoms with Gasteiger partial charge in [-0.25, -0.2) is 0 Å². The third-order valence-corrected chi connectivity index (χ3v) is 1.98. The largest absolute Gasteiger partial charge is 0.396 e. The topological polar surface area (TPSA) is 20.2 Å². The molecule has 0 aromatic rings. The second kappa shape index (κ2) is 8.06. The highest BCUT2D eigenvalue weighted by atomic mass is 16.3. The third-order valence-electron chi connectivity index (χ3n) is 1.98. The van der Waals surface area contributed by atoms with Crippen LogP contribution in [-0.4, -0.2) is 11.7 Å². The molecule has 11 heavy (non-hydrogen) atoms. The second-order valence-corrected chi connectivity index (χ2v) is 3.39. The average Bonchev–Trinajstić information content (AvgIpc) is 2.08. The van der Waals surface area contributed by atoms with E-state index in [1.54, 1.807) is 0 Å². The molecule has 68 valence electrons. The summed E-state index contributed by atoms with van der Waals surface area (Å²) in [6, 6.07) is 0. The third kappa shape index (κ3) is 6.36. The van der Waals surface area contributed by atoms with Crippen LogP contribution in [0.15, 0.2) is 0 Å². The van der Waals surface area contributed by atoms with Gasteiger partial charge in [-0.3, -0.25) is 0 Å². The first-order valence-electron chi connectivity index (χ1n) is 4.96. The van der Waals surface area contributed by atoms with E-state index in [-0.39, 0.29) is 0 Å². The molecule has 1 saturated carbocycles. The molecular formula is C10H22O.